The highest BCUT2D eigenvalue weighted by Crippen LogP contribution is 2.29. The van der Waals surface area contributed by atoms with Gasteiger partial charge in [0.15, 0.2) is 6.10 Å². The monoisotopic (exact) mass is 340 g/mol. The molecule has 2 aromatic carbocycles. The molecule has 25 heavy (non-hydrogen) atoms. The van der Waals surface area contributed by atoms with Gasteiger partial charge in [-0.2, -0.15) is 0 Å². The summed E-state index contributed by atoms with van der Waals surface area (Å²) in [5.41, 5.74) is 1.21. The summed E-state index contributed by atoms with van der Waals surface area (Å²) in [5, 5.41) is 10.3. The Morgan fingerprint density at radius 2 is 1.76 bits per heavy atom. The smallest absolute Gasteiger partial charge is 0.256 e. The van der Waals surface area contributed by atoms with Crippen molar-refractivity contribution in [3.63, 3.8) is 0 Å². The lowest BCUT2D eigenvalue weighted by atomic mass is 10.1. The summed E-state index contributed by atoms with van der Waals surface area (Å²) < 4.78 is 5.30. The molecule has 1 aliphatic heterocycles. The van der Waals surface area contributed by atoms with Gasteiger partial charge < -0.3 is 19.6 Å². The van der Waals surface area contributed by atoms with Crippen LogP contribution in [0.2, 0.25) is 0 Å². The van der Waals surface area contributed by atoms with Gasteiger partial charge in [-0.25, -0.2) is 0 Å². The number of carbonyl (C=O) groups excluding carboxylic acids is 2. The lowest BCUT2D eigenvalue weighted by Crippen LogP contribution is -2.53. The van der Waals surface area contributed by atoms with Gasteiger partial charge in [0.05, 0.1) is 12.8 Å². The highest BCUT2D eigenvalue weighted by molar-refractivity contribution is 5.99. The molecule has 1 N–H and O–H groups in total. The van der Waals surface area contributed by atoms with Gasteiger partial charge in [0.25, 0.3) is 5.91 Å². The molecule has 0 radical (unpaired) electrons. The molecule has 1 atom stereocenters. The molecular weight excluding hydrogens is 320 g/mol. The third-order valence-corrected chi connectivity index (χ3v) is 4.26. The number of nitrogens with zero attached hydrogens (tertiary/aromatic N) is 2. The first kappa shape index (κ1) is 17.0. The molecule has 130 valence electrons. The zero-order chi connectivity index (χ0) is 17.8. The third-order valence-electron chi connectivity index (χ3n) is 4.26. The van der Waals surface area contributed by atoms with Crippen molar-refractivity contribution in [2.24, 2.45) is 0 Å². The van der Waals surface area contributed by atoms with Gasteiger partial charge in [0.1, 0.15) is 12.3 Å². The van der Waals surface area contributed by atoms with Gasteiger partial charge in [0, 0.05) is 13.1 Å². The number of para-hydroxylation sites is 2. The van der Waals surface area contributed by atoms with Crippen molar-refractivity contribution < 1.29 is 19.4 Å². The standard InChI is InChI=1S/C19H20N2O4/c1-25-16-10-6-5-9-15(16)21-12-11-20(13-17(21)22)19(24)18(23)14-7-3-2-4-8-14/h2-10,18,23H,11-13H2,1H3. The van der Waals surface area contributed by atoms with E-state index in [0.717, 1.165) is 0 Å². The van der Waals surface area contributed by atoms with E-state index in [0.29, 0.717) is 30.1 Å². The van der Waals surface area contributed by atoms with Crippen molar-refractivity contribution >= 4 is 17.5 Å². The minimum atomic E-state index is -1.26. The second kappa shape index (κ2) is 7.36. The molecule has 1 unspecified atom stereocenters. The first-order valence-corrected chi connectivity index (χ1v) is 8.07. The molecule has 0 bridgehead atoms. The largest absolute Gasteiger partial charge is 0.495 e. The quantitative estimate of drug-likeness (QED) is 0.918. The predicted molar refractivity (Wildman–Crippen MR) is 93.3 cm³/mol. The minimum absolute atomic E-state index is 0.0687. The number of benzene rings is 2. The average molecular weight is 340 g/mol. The molecule has 0 aliphatic carbocycles. The maximum atomic E-state index is 12.5. The number of hydrogen-bond donors (Lipinski definition) is 1. The topological polar surface area (TPSA) is 70.1 Å². The van der Waals surface area contributed by atoms with E-state index in [1.807, 2.05) is 24.3 Å². The maximum Gasteiger partial charge on any atom is 0.256 e. The Kier molecular flexibility index (Phi) is 5.00. The number of hydrogen-bond acceptors (Lipinski definition) is 4. The van der Waals surface area contributed by atoms with Crippen molar-refractivity contribution in [3.8, 4) is 5.75 Å². The van der Waals surface area contributed by atoms with Crippen LogP contribution in [0.25, 0.3) is 0 Å². The third kappa shape index (κ3) is 3.49. The summed E-state index contributed by atoms with van der Waals surface area (Å²) in [6.07, 6.45) is -1.26. The highest BCUT2D eigenvalue weighted by atomic mass is 16.5. The first-order chi connectivity index (χ1) is 12.1. The van der Waals surface area contributed by atoms with Crippen LogP contribution in [0.1, 0.15) is 11.7 Å². The second-order valence-corrected chi connectivity index (χ2v) is 5.79. The summed E-state index contributed by atoms with van der Waals surface area (Å²) in [6.45, 7) is 0.639. The summed E-state index contributed by atoms with van der Waals surface area (Å²) >= 11 is 0. The Bertz CT molecular complexity index is 763. The lowest BCUT2D eigenvalue weighted by Gasteiger charge is -2.35. The maximum absolute atomic E-state index is 12.5. The molecule has 0 spiro atoms. The molecule has 1 saturated heterocycles. The molecule has 6 heteroatoms. The SMILES string of the molecule is COc1ccccc1N1CCN(C(=O)C(O)c2ccccc2)CC1=O. The second-order valence-electron chi connectivity index (χ2n) is 5.79. The fraction of sp³-hybridized carbons (Fsp3) is 0.263. The van der Waals surface area contributed by atoms with E-state index in [2.05, 4.69) is 0 Å². The molecule has 2 amide bonds. The van der Waals surface area contributed by atoms with Gasteiger partial charge in [-0.05, 0) is 17.7 Å². The fourth-order valence-electron chi connectivity index (χ4n) is 2.92. The number of ether oxygens (including phenoxy) is 1. The van der Waals surface area contributed by atoms with E-state index >= 15 is 0 Å². The van der Waals surface area contributed by atoms with Crippen LogP contribution in [-0.4, -0.2) is 48.6 Å². The van der Waals surface area contributed by atoms with Gasteiger partial charge >= 0.3 is 0 Å². The van der Waals surface area contributed by atoms with Gasteiger partial charge in [-0.1, -0.05) is 42.5 Å². The lowest BCUT2D eigenvalue weighted by molar-refractivity contribution is -0.144. The number of methoxy groups -OCH3 is 1. The van der Waals surface area contributed by atoms with E-state index in [1.165, 1.54) is 4.90 Å². The van der Waals surface area contributed by atoms with Crippen molar-refractivity contribution in [2.45, 2.75) is 6.10 Å². The molecule has 1 fully saturated rings. The molecule has 2 aromatic rings. The van der Waals surface area contributed by atoms with Crippen molar-refractivity contribution in [2.75, 3.05) is 31.6 Å². The summed E-state index contributed by atoms with van der Waals surface area (Å²) in [4.78, 5) is 28.0. The zero-order valence-electron chi connectivity index (χ0n) is 14.0. The first-order valence-electron chi connectivity index (χ1n) is 8.07. The van der Waals surface area contributed by atoms with Crippen LogP contribution >= 0.6 is 0 Å². The van der Waals surface area contributed by atoms with Crippen LogP contribution in [0.3, 0.4) is 0 Å². The molecular formula is C19H20N2O4. The Balaban J connectivity index is 1.71. The summed E-state index contributed by atoms with van der Waals surface area (Å²) in [5.74, 6) is -0.0523. The summed E-state index contributed by atoms with van der Waals surface area (Å²) in [7, 11) is 1.55. The summed E-state index contributed by atoms with van der Waals surface area (Å²) in [6, 6.07) is 16.0. The highest BCUT2D eigenvalue weighted by Gasteiger charge is 2.32. The molecule has 0 aromatic heterocycles. The molecule has 3 rings (SSSR count). The van der Waals surface area contributed by atoms with Gasteiger partial charge in [-0.15, -0.1) is 0 Å². The zero-order valence-corrected chi connectivity index (χ0v) is 14.0. The number of aliphatic hydroxyl groups excluding tert-OH is 1. The average Bonchev–Trinajstić information content (AvgIpc) is 2.67. The van der Waals surface area contributed by atoms with Gasteiger partial charge in [0.2, 0.25) is 5.91 Å². The van der Waals surface area contributed by atoms with E-state index < -0.39 is 12.0 Å². The fourth-order valence-corrected chi connectivity index (χ4v) is 2.92. The number of amides is 2. The molecule has 0 saturated carbocycles. The number of piperazine rings is 1. The number of rotatable bonds is 4. The normalized spacial score (nSPS) is 15.8. The Morgan fingerprint density at radius 3 is 2.44 bits per heavy atom. The minimum Gasteiger partial charge on any atom is -0.495 e. The van der Waals surface area contributed by atoms with Crippen LogP contribution < -0.4 is 9.64 Å². The molecule has 6 nitrogen and oxygen atoms in total. The van der Waals surface area contributed by atoms with Crippen LogP contribution in [-0.2, 0) is 9.59 Å². The van der Waals surface area contributed by atoms with E-state index in [-0.39, 0.29) is 12.5 Å². The van der Waals surface area contributed by atoms with E-state index in [4.69, 9.17) is 4.74 Å². The Morgan fingerprint density at radius 1 is 1.08 bits per heavy atom. The number of aliphatic hydroxyl groups is 1. The van der Waals surface area contributed by atoms with E-state index in [1.54, 1.807) is 42.3 Å². The van der Waals surface area contributed by atoms with Crippen molar-refractivity contribution in [1.82, 2.24) is 4.90 Å². The molecule has 1 heterocycles. The van der Waals surface area contributed by atoms with Crippen LogP contribution in [0, 0.1) is 0 Å². The van der Waals surface area contributed by atoms with Crippen LogP contribution in [0.4, 0.5) is 5.69 Å². The molecule has 1 aliphatic rings. The van der Waals surface area contributed by atoms with Crippen LogP contribution in [0.15, 0.2) is 54.6 Å². The van der Waals surface area contributed by atoms with Crippen molar-refractivity contribution in [1.29, 1.82) is 0 Å². The Labute approximate surface area is 146 Å². The predicted octanol–water partition coefficient (Wildman–Crippen LogP) is 1.60. The Hall–Kier alpha value is -2.86. The number of anilines is 1. The van der Waals surface area contributed by atoms with Gasteiger partial charge in [-0.3, -0.25) is 9.59 Å². The van der Waals surface area contributed by atoms with Crippen LogP contribution in [0.5, 0.6) is 5.75 Å². The van der Waals surface area contributed by atoms with Crippen molar-refractivity contribution in [3.05, 3.63) is 60.2 Å². The number of carbonyl (C=O) groups is 2. The van der Waals surface area contributed by atoms with E-state index in [9.17, 15) is 14.7 Å².